The molecule has 0 aliphatic heterocycles. The van der Waals surface area contributed by atoms with E-state index < -0.39 is 0 Å². The Balaban J connectivity index is 2.39. The Morgan fingerprint density at radius 3 is 2.76 bits per heavy atom. The van der Waals surface area contributed by atoms with Crippen LogP contribution in [0.4, 0.5) is 0 Å². The summed E-state index contributed by atoms with van der Waals surface area (Å²) in [5.41, 5.74) is 1.48. The van der Waals surface area contributed by atoms with Gasteiger partial charge in [0, 0.05) is 22.0 Å². The molecule has 0 atom stereocenters. The Morgan fingerprint density at radius 2 is 2.00 bits per heavy atom. The first-order valence-electron chi connectivity index (χ1n) is 4.77. The van der Waals surface area contributed by atoms with Crippen molar-refractivity contribution >= 4 is 45.4 Å². The molecule has 0 unspecified atom stereocenters. The fraction of sp³-hybridized carbons (Fsp3) is 0. The van der Waals surface area contributed by atoms with Gasteiger partial charge < -0.3 is 0 Å². The SMILES string of the molecule is Clc1ccc2nc(Cl)nc(-c3nccs3)c2c1. The lowest BCUT2D eigenvalue weighted by Crippen LogP contribution is -1.90. The lowest BCUT2D eigenvalue weighted by Gasteiger charge is -2.03. The highest BCUT2D eigenvalue weighted by Crippen LogP contribution is 2.30. The molecule has 3 nitrogen and oxygen atoms in total. The number of nitrogens with zero attached hydrogens (tertiary/aromatic N) is 3. The zero-order chi connectivity index (χ0) is 11.8. The highest BCUT2D eigenvalue weighted by atomic mass is 35.5. The van der Waals surface area contributed by atoms with Crippen LogP contribution in [-0.2, 0) is 0 Å². The van der Waals surface area contributed by atoms with Crippen molar-refractivity contribution < 1.29 is 0 Å². The molecule has 3 rings (SSSR count). The van der Waals surface area contributed by atoms with E-state index in [1.54, 1.807) is 12.3 Å². The van der Waals surface area contributed by atoms with Crippen molar-refractivity contribution in [1.29, 1.82) is 0 Å². The summed E-state index contributed by atoms with van der Waals surface area (Å²) in [6.45, 7) is 0. The number of fused-ring (bicyclic) bond motifs is 1. The maximum Gasteiger partial charge on any atom is 0.223 e. The molecule has 0 amide bonds. The summed E-state index contributed by atoms with van der Waals surface area (Å²) in [5.74, 6) is 0. The van der Waals surface area contributed by atoms with Crippen LogP contribution in [0.2, 0.25) is 10.3 Å². The maximum atomic E-state index is 5.99. The lowest BCUT2D eigenvalue weighted by molar-refractivity contribution is 1.21. The second-order valence-electron chi connectivity index (χ2n) is 3.34. The molecule has 0 aliphatic rings. The summed E-state index contributed by atoms with van der Waals surface area (Å²) in [6.07, 6.45) is 1.73. The molecule has 3 aromatic rings. The molecule has 6 heteroatoms. The first-order valence-corrected chi connectivity index (χ1v) is 6.40. The molecule has 1 aromatic carbocycles. The average molecular weight is 282 g/mol. The van der Waals surface area contributed by atoms with Crippen LogP contribution in [0.5, 0.6) is 0 Å². The normalized spacial score (nSPS) is 10.9. The third-order valence-corrected chi connectivity index (χ3v) is 3.45. The number of aromatic nitrogens is 3. The molecule has 0 saturated heterocycles. The monoisotopic (exact) mass is 281 g/mol. The van der Waals surface area contributed by atoms with Crippen LogP contribution >= 0.6 is 34.5 Å². The van der Waals surface area contributed by atoms with Crippen molar-refractivity contribution in [3.8, 4) is 10.7 Å². The maximum absolute atomic E-state index is 5.99. The Hall–Kier alpha value is -1.23. The molecule has 0 N–H and O–H groups in total. The second-order valence-corrected chi connectivity index (χ2v) is 5.01. The van der Waals surface area contributed by atoms with Crippen LogP contribution in [0.1, 0.15) is 0 Å². The van der Waals surface area contributed by atoms with Crippen molar-refractivity contribution in [3.63, 3.8) is 0 Å². The van der Waals surface area contributed by atoms with Crippen molar-refractivity contribution in [1.82, 2.24) is 15.0 Å². The zero-order valence-electron chi connectivity index (χ0n) is 8.39. The summed E-state index contributed by atoms with van der Waals surface area (Å²) in [4.78, 5) is 12.6. The Kier molecular flexibility index (Phi) is 2.70. The molecule has 0 fully saturated rings. The Morgan fingerprint density at radius 1 is 1.12 bits per heavy atom. The van der Waals surface area contributed by atoms with E-state index in [4.69, 9.17) is 23.2 Å². The smallest absolute Gasteiger partial charge is 0.223 e. The van der Waals surface area contributed by atoms with Crippen molar-refractivity contribution in [3.05, 3.63) is 40.1 Å². The van der Waals surface area contributed by atoms with Crippen molar-refractivity contribution in [2.24, 2.45) is 0 Å². The van der Waals surface area contributed by atoms with E-state index in [0.29, 0.717) is 5.02 Å². The zero-order valence-corrected chi connectivity index (χ0v) is 10.7. The minimum absolute atomic E-state index is 0.213. The number of halogens is 2. The molecule has 0 bridgehead atoms. The van der Waals surface area contributed by atoms with Crippen LogP contribution in [0, 0.1) is 0 Å². The molecular weight excluding hydrogens is 277 g/mol. The van der Waals surface area contributed by atoms with Gasteiger partial charge in [0.05, 0.1) is 5.52 Å². The van der Waals surface area contributed by atoms with E-state index in [9.17, 15) is 0 Å². The van der Waals surface area contributed by atoms with Gasteiger partial charge in [0.1, 0.15) is 10.7 Å². The fourth-order valence-electron chi connectivity index (χ4n) is 1.58. The number of benzene rings is 1. The van der Waals surface area contributed by atoms with Crippen LogP contribution in [0.15, 0.2) is 29.8 Å². The van der Waals surface area contributed by atoms with E-state index in [1.807, 2.05) is 17.5 Å². The predicted molar refractivity (Wildman–Crippen MR) is 70.7 cm³/mol. The van der Waals surface area contributed by atoms with Gasteiger partial charge in [-0.3, -0.25) is 0 Å². The summed E-state index contributed by atoms with van der Waals surface area (Å²) in [6, 6.07) is 5.42. The van der Waals surface area contributed by atoms with Crippen LogP contribution < -0.4 is 0 Å². The minimum atomic E-state index is 0.213. The topological polar surface area (TPSA) is 38.7 Å². The Labute approximate surface area is 111 Å². The van der Waals surface area contributed by atoms with Gasteiger partial charge >= 0.3 is 0 Å². The molecule has 0 aliphatic carbocycles. The molecule has 17 heavy (non-hydrogen) atoms. The number of hydrogen-bond acceptors (Lipinski definition) is 4. The van der Waals surface area contributed by atoms with E-state index in [2.05, 4.69) is 15.0 Å². The summed E-state index contributed by atoms with van der Waals surface area (Å²) in [7, 11) is 0. The molecule has 0 spiro atoms. The van der Waals surface area contributed by atoms with Gasteiger partial charge in [-0.2, -0.15) is 0 Å². The highest BCUT2D eigenvalue weighted by Gasteiger charge is 2.11. The molecule has 0 saturated carbocycles. The Bertz CT molecular complexity index is 682. The first-order chi connectivity index (χ1) is 8.24. The van der Waals surface area contributed by atoms with Crippen LogP contribution in [0.3, 0.4) is 0 Å². The summed E-state index contributed by atoms with van der Waals surface area (Å²) >= 11 is 13.4. The summed E-state index contributed by atoms with van der Waals surface area (Å²) in [5, 5.41) is 4.41. The minimum Gasteiger partial charge on any atom is -0.243 e. The van der Waals surface area contributed by atoms with Gasteiger partial charge in [-0.15, -0.1) is 11.3 Å². The second kappa shape index (κ2) is 4.22. The molecular formula is C11H5Cl2N3S. The number of thiazole rings is 1. The van der Waals surface area contributed by atoms with Gasteiger partial charge in [-0.25, -0.2) is 15.0 Å². The predicted octanol–water partition coefficient (Wildman–Crippen LogP) is 4.06. The largest absolute Gasteiger partial charge is 0.243 e. The fourth-order valence-corrected chi connectivity index (χ4v) is 2.56. The van der Waals surface area contributed by atoms with E-state index in [-0.39, 0.29) is 5.28 Å². The third-order valence-electron chi connectivity index (χ3n) is 2.27. The molecule has 0 radical (unpaired) electrons. The molecule has 84 valence electrons. The molecule has 2 aromatic heterocycles. The number of rotatable bonds is 1. The molecule has 2 heterocycles. The summed E-state index contributed by atoms with van der Waals surface area (Å²) < 4.78 is 0. The van der Waals surface area contributed by atoms with Gasteiger partial charge in [0.25, 0.3) is 0 Å². The quantitative estimate of drug-likeness (QED) is 0.632. The standard InChI is InChI=1S/C11H5Cl2N3S/c12-6-1-2-8-7(5-6)9(16-11(13)15-8)10-14-3-4-17-10/h1-5H. The van der Waals surface area contributed by atoms with E-state index in [1.165, 1.54) is 11.3 Å². The number of hydrogen-bond donors (Lipinski definition) is 0. The van der Waals surface area contributed by atoms with Crippen molar-refractivity contribution in [2.45, 2.75) is 0 Å². The van der Waals surface area contributed by atoms with Crippen LogP contribution in [-0.4, -0.2) is 15.0 Å². The average Bonchev–Trinajstić information content (AvgIpc) is 2.82. The lowest BCUT2D eigenvalue weighted by atomic mass is 10.2. The van der Waals surface area contributed by atoms with E-state index >= 15 is 0 Å². The highest BCUT2D eigenvalue weighted by molar-refractivity contribution is 7.13. The van der Waals surface area contributed by atoms with Crippen LogP contribution in [0.25, 0.3) is 21.6 Å². The first kappa shape index (κ1) is 10.9. The van der Waals surface area contributed by atoms with Gasteiger partial charge in [0.15, 0.2) is 0 Å². The van der Waals surface area contributed by atoms with Crippen molar-refractivity contribution in [2.75, 3.05) is 0 Å². The van der Waals surface area contributed by atoms with Gasteiger partial charge in [-0.05, 0) is 29.8 Å². The van der Waals surface area contributed by atoms with Gasteiger partial charge in [0.2, 0.25) is 5.28 Å². The third kappa shape index (κ3) is 1.99. The van der Waals surface area contributed by atoms with E-state index in [0.717, 1.165) is 21.6 Å². The van der Waals surface area contributed by atoms with Gasteiger partial charge in [-0.1, -0.05) is 11.6 Å².